The lowest BCUT2D eigenvalue weighted by molar-refractivity contribution is 0.995. The molecule has 0 aromatic heterocycles. The van der Waals surface area contributed by atoms with Crippen LogP contribution in [0.5, 0.6) is 0 Å². The Hall–Kier alpha value is -0.770. The lowest BCUT2D eigenvalue weighted by Crippen LogP contribution is -2.35. The van der Waals surface area contributed by atoms with Crippen LogP contribution in [0, 0.1) is 5.40 Å². The van der Waals surface area contributed by atoms with Gasteiger partial charge in [-0.3, -0.25) is 10.8 Å². The van der Waals surface area contributed by atoms with Crippen LogP contribution < -0.4 is 17.0 Å². The van der Waals surface area contributed by atoms with Crippen molar-refractivity contribution >= 4 is 5.96 Å². The fourth-order valence-corrected chi connectivity index (χ4v) is 0. The van der Waals surface area contributed by atoms with Gasteiger partial charge < -0.3 is 5.72 Å². The first kappa shape index (κ1) is 0.518. The van der Waals surface area contributed by atoms with E-state index in [0.29, 0.717) is 0 Å². The van der Waals surface area contributed by atoms with E-state index in [4.69, 9.17) is 8.47 Å². The van der Waals surface area contributed by atoms with Gasteiger partial charge in [-0.05, 0) is 0 Å². The van der Waals surface area contributed by atoms with Gasteiger partial charge in [-0.1, -0.05) is 0 Å². The fourth-order valence-electron chi connectivity index (χ4n) is 0. The Kier molecular flexibility index (Phi) is 0.160. The molecule has 4 heteroatoms. The molecule has 0 bridgehead atoms. The SMILES string of the molecule is [2H]N=C(N([2H])[2H])N([2H])N([2H])[2H]. The first-order valence-electron chi connectivity index (χ1n) is 3.55. The smallest absolute Gasteiger partial charge is 0.200 e. The summed E-state index contributed by atoms with van der Waals surface area (Å²) in [4.78, 5) is 0. The standard InChI is InChI=1S/CH6N4/c2-1(3)5-4/h4H2,(H4,2,3,5)/i/hD6. The van der Waals surface area contributed by atoms with E-state index < -0.39 is 5.96 Å². The maximum Gasteiger partial charge on any atom is 0.200 e. The molecule has 0 atom stereocenters. The summed E-state index contributed by atoms with van der Waals surface area (Å²) in [7, 11) is 0. The molecule has 0 aliphatic rings. The maximum atomic E-state index is 6.77. The van der Waals surface area contributed by atoms with Crippen LogP contribution in [0.3, 0.4) is 0 Å². The summed E-state index contributed by atoms with van der Waals surface area (Å²) in [5.74, 6) is -0.987. The van der Waals surface area contributed by atoms with Gasteiger partial charge in [0.2, 0.25) is 0 Å². The first-order valence-corrected chi connectivity index (χ1v) is 0.871. The molecule has 0 radical (unpaired) electrons. The molecule has 0 aliphatic heterocycles. The second-order valence-electron chi connectivity index (χ2n) is 0.400. The van der Waals surface area contributed by atoms with Crippen LogP contribution in [0.15, 0.2) is 0 Å². The van der Waals surface area contributed by atoms with Gasteiger partial charge in [0.25, 0.3) is 0 Å². The number of hydrogen-bond acceptors (Lipinski definition) is 2. The quantitative estimate of drug-likeness (QED) is 0.132. The highest BCUT2D eigenvalue weighted by Gasteiger charge is 1.66. The molecule has 0 aliphatic carbocycles. The number of hydrazine groups is 1. The molecule has 30 valence electrons. The Morgan fingerprint density at radius 2 is 3.60 bits per heavy atom. The zero-order valence-corrected chi connectivity index (χ0v) is 2.29. The number of guanidine groups is 1. The van der Waals surface area contributed by atoms with Crippen LogP contribution >= 0.6 is 0 Å². The lowest BCUT2D eigenvalue weighted by Gasteiger charge is -1.85. The number of hydrogen-bond donors (Lipinski definition) is 4. The monoisotopic (exact) mass is 80.1 g/mol. The van der Waals surface area contributed by atoms with Gasteiger partial charge in [0, 0.05) is 0 Å². The zero-order valence-electron chi connectivity index (χ0n) is 8.29. The molecule has 0 fully saturated rings. The van der Waals surface area contributed by atoms with Gasteiger partial charge >= 0.3 is 0 Å². The minimum Gasteiger partial charge on any atom is -0.369 e. The van der Waals surface area contributed by atoms with E-state index in [2.05, 4.69) is 5.40 Å². The second-order valence-corrected chi connectivity index (χ2v) is 0.400. The molecule has 0 heterocycles. The minimum atomic E-state index is -0.769. The van der Waals surface area contributed by atoms with Crippen molar-refractivity contribution in [2.45, 2.75) is 0 Å². The Labute approximate surface area is 38.4 Å². The Morgan fingerprint density at radius 1 is 2.60 bits per heavy atom. The van der Waals surface area contributed by atoms with Crippen LogP contribution in [0.25, 0.3) is 0 Å². The summed E-state index contributed by atoms with van der Waals surface area (Å²) in [6.07, 6.45) is 0. The largest absolute Gasteiger partial charge is 0.369 e. The zero-order chi connectivity index (χ0) is 9.02. The van der Waals surface area contributed by atoms with Crippen LogP contribution in [-0.2, 0) is 0 Å². The first-order chi connectivity index (χ1) is 5.00. The predicted octanol–water partition coefficient (Wildman–Crippen LogP) is -1.66. The van der Waals surface area contributed by atoms with E-state index in [1.54, 1.807) is 0 Å². The van der Waals surface area contributed by atoms with Crippen molar-refractivity contribution in [1.82, 2.24) is 5.42 Å². The summed E-state index contributed by atoms with van der Waals surface area (Å²) in [6, 6.07) is 0. The minimum absolute atomic E-state index is 0.00694. The van der Waals surface area contributed by atoms with Gasteiger partial charge in [-0.15, -0.1) is 0 Å². The molecule has 0 aromatic carbocycles. The average Bonchev–Trinajstić information content (AvgIpc) is 1.88. The normalized spacial score (nSPS) is 27.8. The van der Waals surface area contributed by atoms with E-state index in [0.717, 1.165) is 0 Å². The molecular formula is CH6N4. The van der Waals surface area contributed by atoms with Gasteiger partial charge in [0.05, 0.1) is 0 Å². The molecule has 6 N–H and O–H groups in total. The van der Waals surface area contributed by atoms with Crippen LogP contribution in [0.1, 0.15) is 0 Å². The summed E-state index contributed by atoms with van der Waals surface area (Å²) in [6.45, 7) is 0. The maximum absolute atomic E-state index is 6.77. The molecular weight excluding hydrogens is 68.0 g/mol. The van der Waals surface area contributed by atoms with Gasteiger partial charge in [0.15, 0.2) is 11.6 Å². The van der Waals surface area contributed by atoms with E-state index in [1.165, 1.54) is 0 Å². The highest BCUT2D eigenvalue weighted by atomic mass is 15.3. The Bertz CT molecular complexity index is 144. The number of rotatable bonds is 1. The van der Waals surface area contributed by atoms with Crippen LogP contribution in [0.2, 0.25) is 8.47 Å². The van der Waals surface area contributed by atoms with E-state index in [1.807, 2.05) is 0 Å². The molecule has 5 heavy (non-hydrogen) atoms. The van der Waals surface area contributed by atoms with Crippen LogP contribution in [0.4, 0.5) is 0 Å². The summed E-state index contributed by atoms with van der Waals surface area (Å²) in [5, 5.41) is 2.58. The highest BCUT2D eigenvalue weighted by Crippen LogP contribution is 1.25. The van der Waals surface area contributed by atoms with Gasteiger partial charge in [0.1, 0.15) is 2.82 Å². The van der Waals surface area contributed by atoms with Crippen LogP contribution in [-0.4, -0.2) is 5.96 Å². The summed E-state index contributed by atoms with van der Waals surface area (Å²) in [5.41, 5.74) is -0.150. The third-order valence-electron chi connectivity index (χ3n) is 0.0894. The Balaban J connectivity index is 4.28. The topological polar surface area (TPSA) is 87.9 Å². The molecule has 0 spiro atoms. The van der Waals surface area contributed by atoms with E-state index >= 15 is 0 Å². The van der Waals surface area contributed by atoms with Crippen molar-refractivity contribution < 1.29 is 8.47 Å². The van der Waals surface area contributed by atoms with Gasteiger partial charge in [-0.2, -0.15) is 0 Å². The molecule has 0 unspecified atom stereocenters. The molecule has 4 nitrogen and oxygen atoms in total. The molecule has 0 saturated carbocycles. The average molecular weight is 80.1 g/mol. The van der Waals surface area contributed by atoms with Crippen molar-refractivity contribution in [3.63, 3.8) is 0 Å². The third kappa shape index (κ3) is 3.23. The van der Waals surface area contributed by atoms with Crippen molar-refractivity contribution in [1.29, 1.82) is 5.40 Å². The molecule has 0 saturated heterocycles. The fraction of sp³-hybridized carbons (Fsp3) is 0. The number of nitrogens with two attached hydrogens (primary N) is 2. The Morgan fingerprint density at radius 3 is 3.80 bits per heavy atom. The van der Waals surface area contributed by atoms with Crippen molar-refractivity contribution in [3.05, 3.63) is 0 Å². The van der Waals surface area contributed by atoms with Gasteiger partial charge in [-0.25, -0.2) is 5.83 Å². The summed E-state index contributed by atoms with van der Waals surface area (Å²) < 4.78 is 39.2. The lowest BCUT2D eigenvalue weighted by atomic mass is 11.1. The van der Waals surface area contributed by atoms with Crippen molar-refractivity contribution in [2.24, 2.45) is 11.5 Å². The molecule has 0 aromatic rings. The predicted molar refractivity (Wildman–Crippen MR) is 19.2 cm³/mol. The molecule has 0 rings (SSSR count). The molecule has 0 amide bonds. The van der Waals surface area contributed by atoms with E-state index in [-0.39, 0.29) is 17.0 Å². The summed E-state index contributed by atoms with van der Waals surface area (Å²) >= 11 is 0. The van der Waals surface area contributed by atoms with E-state index in [9.17, 15) is 0 Å². The van der Waals surface area contributed by atoms with Crippen molar-refractivity contribution in [3.8, 4) is 0 Å². The van der Waals surface area contributed by atoms with Crippen molar-refractivity contribution in [2.75, 3.05) is 0 Å². The second kappa shape index (κ2) is 1.54. The highest BCUT2D eigenvalue weighted by molar-refractivity contribution is 5.73. The number of nitrogens with one attached hydrogen (secondary N) is 2. The third-order valence-corrected chi connectivity index (χ3v) is 0.0894.